The van der Waals surface area contributed by atoms with Crippen molar-refractivity contribution in [1.82, 2.24) is 10.3 Å². The van der Waals surface area contributed by atoms with Crippen LogP contribution in [0, 0.1) is 5.82 Å². The lowest BCUT2D eigenvalue weighted by Crippen LogP contribution is -2.30. The van der Waals surface area contributed by atoms with Crippen molar-refractivity contribution in [2.75, 3.05) is 6.54 Å². The average Bonchev–Trinajstić information content (AvgIpc) is 2.41. The van der Waals surface area contributed by atoms with Gasteiger partial charge in [-0.15, -0.1) is 0 Å². The Hall–Kier alpha value is -2.43. The van der Waals surface area contributed by atoms with E-state index in [4.69, 9.17) is 0 Å². The number of amides is 1. The number of carbonyl (C=O) groups excluding carboxylic acids is 1. The van der Waals surface area contributed by atoms with E-state index in [1.165, 1.54) is 18.3 Å². The minimum Gasteiger partial charge on any atom is -0.352 e. The summed E-state index contributed by atoms with van der Waals surface area (Å²) in [6.45, 7) is 0.272. The molecular weight excluding hydrogens is 247 g/mol. The van der Waals surface area contributed by atoms with Crippen molar-refractivity contribution in [3.8, 4) is 0 Å². The maximum atomic E-state index is 13.3. The minimum atomic E-state index is -0.460. The summed E-state index contributed by atoms with van der Waals surface area (Å²) in [5.41, 5.74) is 0.145. The van der Waals surface area contributed by atoms with Gasteiger partial charge < -0.3 is 10.3 Å². The monoisotopic (exact) mass is 260 g/mol. The molecule has 0 spiro atoms. The number of aromatic nitrogens is 1. The number of halogens is 1. The fourth-order valence-corrected chi connectivity index (χ4v) is 1.71. The number of aromatic amines is 1. The first kappa shape index (κ1) is 13.0. The third-order valence-corrected chi connectivity index (χ3v) is 2.70. The fourth-order valence-electron chi connectivity index (χ4n) is 1.71. The van der Waals surface area contributed by atoms with Crippen LogP contribution in [-0.2, 0) is 6.42 Å². The zero-order valence-electron chi connectivity index (χ0n) is 10.2. The van der Waals surface area contributed by atoms with Crippen LogP contribution in [0.2, 0.25) is 0 Å². The fraction of sp³-hybridized carbons (Fsp3) is 0.143. The summed E-state index contributed by atoms with van der Waals surface area (Å²) in [5, 5.41) is 2.59. The summed E-state index contributed by atoms with van der Waals surface area (Å²) in [6.07, 6.45) is 1.83. The second kappa shape index (κ2) is 5.95. The van der Waals surface area contributed by atoms with E-state index in [-0.39, 0.29) is 17.9 Å². The summed E-state index contributed by atoms with van der Waals surface area (Å²) < 4.78 is 13.3. The molecule has 1 amide bonds. The molecule has 0 aliphatic heterocycles. The van der Waals surface area contributed by atoms with Gasteiger partial charge in [-0.25, -0.2) is 4.39 Å². The highest BCUT2D eigenvalue weighted by Gasteiger charge is 2.09. The van der Waals surface area contributed by atoms with Gasteiger partial charge in [0.1, 0.15) is 11.4 Å². The highest BCUT2D eigenvalue weighted by atomic mass is 19.1. The van der Waals surface area contributed by atoms with Gasteiger partial charge >= 0.3 is 0 Å². The first-order valence-electron chi connectivity index (χ1n) is 5.88. The zero-order valence-corrected chi connectivity index (χ0v) is 10.2. The molecule has 19 heavy (non-hydrogen) atoms. The standard InChI is InChI=1S/C14H13FN2O2/c15-12-6-2-1-4-10(12)7-9-17-14(19)11-5-3-8-16-13(11)18/h1-6,8H,7,9H2,(H,16,18)(H,17,19). The normalized spacial score (nSPS) is 10.2. The van der Waals surface area contributed by atoms with E-state index in [2.05, 4.69) is 10.3 Å². The lowest BCUT2D eigenvalue weighted by molar-refractivity contribution is 0.0952. The van der Waals surface area contributed by atoms with Crippen molar-refractivity contribution < 1.29 is 9.18 Å². The Kier molecular flexibility index (Phi) is 4.07. The van der Waals surface area contributed by atoms with Crippen molar-refractivity contribution in [3.05, 3.63) is 69.9 Å². The molecule has 1 aromatic heterocycles. The van der Waals surface area contributed by atoms with E-state index < -0.39 is 11.5 Å². The summed E-state index contributed by atoms with van der Waals surface area (Å²) in [7, 11) is 0. The molecule has 0 aliphatic carbocycles. The Labute approximate surface area is 109 Å². The number of hydrogen-bond donors (Lipinski definition) is 2. The number of hydrogen-bond acceptors (Lipinski definition) is 2. The zero-order chi connectivity index (χ0) is 13.7. The molecule has 2 rings (SSSR count). The second-order valence-electron chi connectivity index (χ2n) is 4.01. The van der Waals surface area contributed by atoms with Crippen LogP contribution in [0.5, 0.6) is 0 Å². The molecule has 5 heteroatoms. The van der Waals surface area contributed by atoms with Crippen molar-refractivity contribution in [3.63, 3.8) is 0 Å². The van der Waals surface area contributed by atoms with Crippen LogP contribution in [-0.4, -0.2) is 17.4 Å². The lowest BCUT2D eigenvalue weighted by Gasteiger charge is -2.05. The van der Waals surface area contributed by atoms with Gasteiger partial charge in [0.05, 0.1) is 0 Å². The Balaban J connectivity index is 1.94. The van der Waals surface area contributed by atoms with Crippen LogP contribution in [0.4, 0.5) is 4.39 Å². The van der Waals surface area contributed by atoms with Crippen molar-refractivity contribution in [1.29, 1.82) is 0 Å². The molecule has 0 radical (unpaired) electrons. The van der Waals surface area contributed by atoms with Crippen LogP contribution < -0.4 is 10.9 Å². The third-order valence-electron chi connectivity index (χ3n) is 2.70. The largest absolute Gasteiger partial charge is 0.352 e. The minimum absolute atomic E-state index is 0.0519. The molecule has 0 fully saturated rings. The topological polar surface area (TPSA) is 62.0 Å². The molecule has 0 saturated carbocycles. The predicted octanol–water partition coefficient (Wildman–Crippen LogP) is 1.49. The number of benzene rings is 1. The van der Waals surface area contributed by atoms with Gasteiger partial charge in [-0.1, -0.05) is 18.2 Å². The molecule has 4 nitrogen and oxygen atoms in total. The van der Waals surface area contributed by atoms with E-state index in [9.17, 15) is 14.0 Å². The van der Waals surface area contributed by atoms with Gasteiger partial charge in [-0.05, 0) is 30.2 Å². The van der Waals surface area contributed by atoms with Crippen LogP contribution >= 0.6 is 0 Å². The molecule has 98 valence electrons. The van der Waals surface area contributed by atoms with Gasteiger partial charge in [0.25, 0.3) is 11.5 Å². The lowest BCUT2D eigenvalue weighted by atomic mass is 10.1. The number of carbonyl (C=O) groups is 1. The Morgan fingerprint density at radius 3 is 2.74 bits per heavy atom. The number of nitrogens with one attached hydrogen (secondary N) is 2. The van der Waals surface area contributed by atoms with Crippen molar-refractivity contribution >= 4 is 5.91 Å². The quantitative estimate of drug-likeness (QED) is 0.874. The van der Waals surface area contributed by atoms with Crippen LogP contribution in [0.25, 0.3) is 0 Å². The van der Waals surface area contributed by atoms with E-state index >= 15 is 0 Å². The Morgan fingerprint density at radius 1 is 1.21 bits per heavy atom. The van der Waals surface area contributed by atoms with Crippen LogP contribution in [0.1, 0.15) is 15.9 Å². The molecule has 0 aliphatic rings. The van der Waals surface area contributed by atoms with E-state index in [1.54, 1.807) is 24.3 Å². The Bertz CT molecular complexity index is 637. The van der Waals surface area contributed by atoms with E-state index in [1.807, 2.05) is 0 Å². The van der Waals surface area contributed by atoms with Crippen molar-refractivity contribution in [2.24, 2.45) is 0 Å². The molecule has 0 saturated heterocycles. The second-order valence-corrected chi connectivity index (χ2v) is 4.01. The number of pyridine rings is 1. The Morgan fingerprint density at radius 2 is 2.00 bits per heavy atom. The maximum Gasteiger partial charge on any atom is 0.260 e. The first-order valence-corrected chi connectivity index (χ1v) is 5.88. The van der Waals surface area contributed by atoms with Crippen LogP contribution in [0.3, 0.4) is 0 Å². The molecule has 0 unspecified atom stereocenters. The average molecular weight is 260 g/mol. The number of H-pyrrole nitrogens is 1. The summed E-state index contributed by atoms with van der Waals surface area (Å²) in [5.74, 6) is -0.757. The molecule has 0 bridgehead atoms. The smallest absolute Gasteiger partial charge is 0.260 e. The van der Waals surface area contributed by atoms with Crippen LogP contribution in [0.15, 0.2) is 47.4 Å². The predicted molar refractivity (Wildman–Crippen MR) is 69.5 cm³/mol. The summed E-state index contributed by atoms with van der Waals surface area (Å²) in [6, 6.07) is 9.41. The van der Waals surface area contributed by atoms with Gasteiger partial charge in [0.2, 0.25) is 0 Å². The van der Waals surface area contributed by atoms with Crippen molar-refractivity contribution in [2.45, 2.75) is 6.42 Å². The van der Waals surface area contributed by atoms with Gasteiger partial charge in [-0.3, -0.25) is 9.59 Å². The van der Waals surface area contributed by atoms with Gasteiger partial charge in [-0.2, -0.15) is 0 Å². The third kappa shape index (κ3) is 3.28. The molecule has 1 heterocycles. The molecule has 2 N–H and O–H groups in total. The summed E-state index contributed by atoms with van der Waals surface area (Å²) >= 11 is 0. The van der Waals surface area contributed by atoms with E-state index in [0.717, 1.165) is 0 Å². The van der Waals surface area contributed by atoms with E-state index in [0.29, 0.717) is 12.0 Å². The molecular formula is C14H13FN2O2. The highest BCUT2D eigenvalue weighted by molar-refractivity contribution is 5.93. The first-order chi connectivity index (χ1) is 9.18. The van der Waals surface area contributed by atoms with Gasteiger partial charge in [0, 0.05) is 12.7 Å². The molecule has 1 aromatic carbocycles. The molecule has 0 atom stereocenters. The maximum absolute atomic E-state index is 13.3. The molecule has 2 aromatic rings. The summed E-state index contributed by atoms with van der Waals surface area (Å²) in [4.78, 5) is 25.5. The SMILES string of the molecule is O=C(NCCc1ccccc1F)c1ccc[nH]c1=O. The number of rotatable bonds is 4. The highest BCUT2D eigenvalue weighted by Crippen LogP contribution is 2.06. The van der Waals surface area contributed by atoms with Gasteiger partial charge in [0.15, 0.2) is 0 Å².